The first-order valence-electron chi connectivity index (χ1n) is 8.35. The van der Waals surface area contributed by atoms with E-state index in [1.165, 1.54) is 0 Å². The molecule has 0 spiro atoms. The van der Waals surface area contributed by atoms with Crippen molar-refractivity contribution in [2.45, 2.75) is 10.1 Å². The van der Waals surface area contributed by atoms with Crippen LogP contribution in [0.25, 0.3) is 22.7 Å². The molecule has 0 aliphatic heterocycles. The second-order valence-electron chi connectivity index (χ2n) is 6.27. The van der Waals surface area contributed by atoms with Gasteiger partial charge in [0.2, 0.25) is 0 Å². The van der Waals surface area contributed by atoms with Gasteiger partial charge in [-0.05, 0) is 41.6 Å². The van der Waals surface area contributed by atoms with E-state index in [2.05, 4.69) is 39.0 Å². The van der Waals surface area contributed by atoms with Crippen molar-refractivity contribution in [1.29, 1.82) is 0 Å². The minimum absolute atomic E-state index is 0.768. The van der Waals surface area contributed by atoms with Crippen LogP contribution in [0.15, 0.2) is 59.6 Å². The number of allylic oxidation sites excluding steroid dienone is 2. The van der Waals surface area contributed by atoms with Crippen LogP contribution < -0.4 is 0 Å². The number of aromatic nitrogens is 7. The molecule has 0 N–H and O–H groups in total. The van der Waals surface area contributed by atoms with Crippen LogP contribution in [0.5, 0.6) is 0 Å². The zero-order chi connectivity index (χ0) is 19.0. The summed E-state index contributed by atoms with van der Waals surface area (Å²) in [6, 6.07) is 6.18. The van der Waals surface area contributed by atoms with Crippen molar-refractivity contribution in [2.24, 2.45) is 21.1 Å². The molecule has 0 aliphatic carbocycles. The van der Waals surface area contributed by atoms with E-state index in [-0.39, 0.29) is 0 Å². The van der Waals surface area contributed by atoms with E-state index in [1.807, 2.05) is 61.0 Å². The molecule has 0 aliphatic rings. The maximum atomic E-state index is 4.35. The first kappa shape index (κ1) is 17.3. The van der Waals surface area contributed by atoms with Crippen molar-refractivity contribution in [2.75, 3.05) is 0 Å². The molecule has 0 atom stereocenters. The Balaban J connectivity index is 1.53. The summed E-state index contributed by atoms with van der Waals surface area (Å²) < 4.78 is 5.73. The van der Waals surface area contributed by atoms with Crippen molar-refractivity contribution in [3.05, 3.63) is 61.0 Å². The number of hydrogen-bond donors (Lipinski definition) is 0. The molecule has 0 saturated carbocycles. The molecule has 7 nitrogen and oxygen atoms in total. The predicted octanol–water partition coefficient (Wildman–Crippen LogP) is 3.31. The van der Waals surface area contributed by atoms with Crippen LogP contribution in [0.3, 0.4) is 0 Å². The predicted molar refractivity (Wildman–Crippen MR) is 107 cm³/mol. The minimum atomic E-state index is 0.768. The number of rotatable bonds is 5. The van der Waals surface area contributed by atoms with Gasteiger partial charge in [-0.15, -0.1) is 10.2 Å². The van der Waals surface area contributed by atoms with Crippen LogP contribution in [0.4, 0.5) is 0 Å². The summed E-state index contributed by atoms with van der Waals surface area (Å²) in [5, 5.41) is 13.6. The Morgan fingerprint density at radius 2 is 2.04 bits per heavy atom. The Kier molecular flexibility index (Phi) is 4.41. The summed E-state index contributed by atoms with van der Waals surface area (Å²) in [6.45, 7) is 4.08. The van der Waals surface area contributed by atoms with Gasteiger partial charge < -0.3 is 9.13 Å². The zero-order valence-corrected chi connectivity index (χ0v) is 16.2. The minimum Gasteiger partial charge on any atom is -0.334 e. The molecular weight excluding hydrogens is 358 g/mol. The standard InChI is InChI=1S/C19H19N7S/c1-13(14-10-21-25(3)11-14)5-8-18-22-23-19(26(18)4)27-15-6-7-16-17(9-15)24(2)12-20-16/h5-12H,1H2,2-4H3/b8-5-. The number of fused-ring (bicyclic) bond motifs is 1. The topological polar surface area (TPSA) is 66.3 Å². The van der Waals surface area contributed by atoms with E-state index < -0.39 is 0 Å². The number of nitrogens with zero attached hydrogens (tertiary/aromatic N) is 7. The van der Waals surface area contributed by atoms with Gasteiger partial charge in [-0.1, -0.05) is 12.7 Å². The van der Waals surface area contributed by atoms with Crippen molar-refractivity contribution in [1.82, 2.24) is 34.1 Å². The summed E-state index contributed by atoms with van der Waals surface area (Å²) >= 11 is 1.57. The van der Waals surface area contributed by atoms with Gasteiger partial charge in [-0.25, -0.2) is 4.98 Å². The third kappa shape index (κ3) is 3.43. The number of hydrogen-bond acceptors (Lipinski definition) is 5. The van der Waals surface area contributed by atoms with Crippen LogP contribution in [0.1, 0.15) is 11.4 Å². The van der Waals surface area contributed by atoms with Crippen LogP contribution in [-0.4, -0.2) is 34.1 Å². The van der Waals surface area contributed by atoms with Gasteiger partial charge in [0.25, 0.3) is 0 Å². The Bertz CT molecular complexity index is 1160. The molecule has 4 rings (SSSR count). The summed E-state index contributed by atoms with van der Waals surface area (Å²) in [7, 11) is 5.83. The third-order valence-electron chi connectivity index (χ3n) is 4.28. The average Bonchev–Trinajstić information content (AvgIpc) is 3.35. The lowest BCUT2D eigenvalue weighted by Crippen LogP contribution is -1.94. The SMILES string of the molecule is C=C(/C=C\c1nnc(Sc2ccc3ncn(C)c3c2)n1C)c1cnn(C)c1. The highest BCUT2D eigenvalue weighted by molar-refractivity contribution is 7.99. The lowest BCUT2D eigenvalue weighted by molar-refractivity contribution is 0.767. The fourth-order valence-corrected chi connectivity index (χ4v) is 3.52. The van der Waals surface area contributed by atoms with Crippen molar-refractivity contribution in [3.63, 3.8) is 0 Å². The van der Waals surface area contributed by atoms with Gasteiger partial charge in [0.05, 0.1) is 23.6 Å². The number of benzene rings is 1. The molecular formula is C19H19N7S. The second-order valence-corrected chi connectivity index (χ2v) is 7.31. The first-order valence-corrected chi connectivity index (χ1v) is 9.17. The van der Waals surface area contributed by atoms with Gasteiger partial charge in [-0.3, -0.25) is 4.68 Å². The van der Waals surface area contributed by atoms with E-state index in [0.29, 0.717) is 0 Å². The summed E-state index contributed by atoms with van der Waals surface area (Å²) in [5.41, 5.74) is 3.93. The van der Waals surface area contributed by atoms with E-state index in [0.717, 1.165) is 38.0 Å². The molecule has 0 unspecified atom stereocenters. The maximum Gasteiger partial charge on any atom is 0.196 e. The van der Waals surface area contributed by atoms with Gasteiger partial charge in [0, 0.05) is 37.8 Å². The number of aryl methyl sites for hydroxylation is 2. The second kappa shape index (κ2) is 6.88. The summed E-state index contributed by atoms with van der Waals surface area (Å²) in [4.78, 5) is 5.45. The molecule has 0 bridgehead atoms. The van der Waals surface area contributed by atoms with Crippen LogP contribution >= 0.6 is 11.8 Å². The van der Waals surface area contributed by atoms with Crippen LogP contribution in [0, 0.1) is 0 Å². The molecule has 0 amide bonds. The Morgan fingerprint density at radius 3 is 2.81 bits per heavy atom. The number of imidazole rings is 1. The maximum absolute atomic E-state index is 4.35. The van der Waals surface area contributed by atoms with Crippen LogP contribution in [-0.2, 0) is 21.1 Å². The largest absolute Gasteiger partial charge is 0.334 e. The smallest absolute Gasteiger partial charge is 0.196 e. The molecule has 8 heteroatoms. The Hall–Kier alpha value is -3.13. The van der Waals surface area contributed by atoms with Gasteiger partial charge in [0.1, 0.15) is 0 Å². The molecule has 0 radical (unpaired) electrons. The normalized spacial score (nSPS) is 11.7. The Labute approximate surface area is 161 Å². The van der Waals surface area contributed by atoms with E-state index in [1.54, 1.807) is 22.6 Å². The molecule has 1 aromatic carbocycles. The van der Waals surface area contributed by atoms with Gasteiger partial charge in [-0.2, -0.15) is 5.10 Å². The molecule has 3 aromatic heterocycles. The van der Waals surface area contributed by atoms with E-state index in [9.17, 15) is 0 Å². The highest BCUT2D eigenvalue weighted by Crippen LogP contribution is 2.29. The fourth-order valence-electron chi connectivity index (χ4n) is 2.69. The highest BCUT2D eigenvalue weighted by Gasteiger charge is 2.10. The first-order chi connectivity index (χ1) is 13.0. The molecule has 27 heavy (non-hydrogen) atoms. The van der Waals surface area contributed by atoms with E-state index in [4.69, 9.17) is 0 Å². The molecule has 3 heterocycles. The molecule has 4 aromatic rings. The molecule has 0 fully saturated rings. The van der Waals surface area contributed by atoms with Gasteiger partial charge >= 0.3 is 0 Å². The fraction of sp³-hybridized carbons (Fsp3) is 0.158. The lowest BCUT2D eigenvalue weighted by Gasteiger charge is -2.03. The monoisotopic (exact) mass is 377 g/mol. The quantitative estimate of drug-likeness (QED) is 0.499. The van der Waals surface area contributed by atoms with Crippen molar-refractivity contribution in [3.8, 4) is 0 Å². The third-order valence-corrected chi connectivity index (χ3v) is 5.31. The summed E-state index contributed by atoms with van der Waals surface area (Å²) in [5.74, 6) is 0.768. The lowest BCUT2D eigenvalue weighted by atomic mass is 10.1. The zero-order valence-electron chi connectivity index (χ0n) is 15.4. The molecule has 136 valence electrons. The summed E-state index contributed by atoms with van der Waals surface area (Å²) in [6.07, 6.45) is 9.38. The van der Waals surface area contributed by atoms with Crippen molar-refractivity contribution >= 4 is 34.4 Å². The Morgan fingerprint density at radius 1 is 1.19 bits per heavy atom. The van der Waals surface area contributed by atoms with Gasteiger partial charge in [0.15, 0.2) is 11.0 Å². The van der Waals surface area contributed by atoms with E-state index >= 15 is 0 Å². The van der Waals surface area contributed by atoms with Crippen LogP contribution in [0.2, 0.25) is 0 Å². The average molecular weight is 377 g/mol. The van der Waals surface area contributed by atoms with Crippen molar-refractivity contribution < 1.29 is 0 Å². The highest BCUT2D eigenvalue weighted by atomic mass is 32.2. The molecule has 0 saturated heterocycles.